The molecular formula is C9H11ClN6S. The van der Waals surface area contributed by atoms with Crippen LogP contribution in [-0.2, 0) is 6.54 Å². The molecule has 17 heavy (non-hydrogen) atoms. The molecule has 2 heterocycles. The summed E-state index contributed by atoms with van der Waals surface area (Å²) in [6.45, 7) is 2.59. The van der Waals surface area contributed by atoms with Crippen molar-refractivity contribution in [2.24, 2.45) is 0 Å². The Labute approximate surface area is 108 Å². The van der Waals surface area contributed by atoms with Crippen LogP contribution in [0.4, 0.5) is 11.9 Å². The second-order valence-corrected chi connectivity index (χ2v) is 4.49. The summed E-state index contributed by atoms with van der Waals surface area (Å²) in [7, 11) is 1.72. The van der Waals surface area contributed by atoms with E-state index in [9.17, 15) is 0 Å². The van der Waals surface area contributed by atoms with E-state index < -0.39 is 0 Å². The summed E-state index contributed by atoms with van der Waals surface area (Å²) >= 11 is 7.36. The van der Waals surface area contributed by atoms with E-state index in [4.69, 9.17) is 11.6 Å². The van der Waals surface area contributed by atoms with Crippen LogP contribution in [0.5, 0.6) is 0 Å². The van der Waals surface area contributed by atoms with Crippen LogP contribution in [0.1, 0.15) is 10.6 Å². The third kappa shape index (κ3) is 3.01. The van der Waals surface area contributed by atoms with E-state index in [2.05, 4.69) is 30.6 Å². The van der Waals surface area contributed by atoms with Crippen LogP contribution in [0.15, 0.2) is 5.51 Å². The van der Waals surface area contributed by atoms with Crippen LogP contribution in [-0.4, -0.2) is 27.0 Å². The van der Waals surface area contributed by atoms with Crippen LogP contribution in [0.3, 0.4) is 0 Å². The normalized spacial score (nSPS) is 10.3. The minimum Gasteiger partial charge on any atom is -0.357 e. The van der Waals surface area contributed by atoms with Gasteiger partial charge in [0.05, 0.1) is 17.7 Å². The maximum atomic E-state index is 5.77. The highest BCUT2D eigenvalue weighted by atomic mass is 35.5. The Morgan fingerprint density at radius 2 is 2.06 bits per heavy atom. The molecule has 2 N–H and O–H groups in total. The molecule has 2 aromatic rings. The first-order valence-corrected chi connectivity index (χ1v) is 6.17. The van der Waals surface area contributed by atoms with Gasteiger partial charge in [-0.1, -0.05) is 0 Å². The number of aromatic nitrogens is 4. The summed E-state index contributed by atoms with van der Waals surface area (Å²) in [5.74, 6) is 0.885. The van der Waals surface area contributed by atoms with Crippen molar-refractivity contribution >= 4 is 34.8 Å². The zero-order valence-corrected chi connectivity index (χ0v) is 10.9. The maximum Gasteiger partial charge on any atom is 0.229 e. The van der Waals surface area contributed by atoms with Crippen LogP contribution >= 0.6 is 22.9 Å². The standard InChI is InChI=1S/C9H11ClN6S/c1-5-6(17-4-13-5)3-12-9-15-7(10)14-8(11-2)16-9/h4H,3H2,1-2H3,(H2,11,12,14,15,16). The monoisotopic (exact) mass is 270 g/mol. The molecule has 0 radical (unpaired) electrons. The van der Waals surface area contributed by atoms with E-state index in [1.807, 2.05) is 12.4 Å². The predicted molar refractivity (Wildman–Crippen MR) is 68.6 cm³/mol. The molecule has 0 unspecified atom stereocenters. The van der Waals surface area contributed by atoms with Gasteiger partial charge in [0.2, 0.25) is 17.2 Å². The summed E-state index contributed by atoms with van der Waals surface area (Å²) in [5.41, 5.74) is 2.82. The summed E-state index contributed by atoms with van der Waals surface area (Å²) < 4.78 is 0. The van der Waals surface area contributed by atoms with Gasteiger partial charge in [-0.15, -0.1) is 11.3 Å². The summed E-state index contributed by atoms with van der Waals surface area (Å²) in [4.78, 5) is 17.3. The molecule has 0 fully saturated rings. The highest BCUT2D eigenvalue weighted by molar-refractivity contribution is 7.09. The SMILES string of the molecule is CNc1nc(Cl)nc(NCc2scnc2C)n1. The smallest absolute Gasteiger partial charge is 0.229 e. The molecule has 2 rings (SSSR count). The molecule has 0 saturated heterocycles. The van der Waals surface area contributed by atoms with Gasteiger partial charge in [-0.05, 0) is 18.5 Å². The Hall–Kier alpha value is -1.47. The number of aryl methyl sites for hydroxylation is 1. The molecule has 0 aliphatic heterocycles. The second kappa shape index (κ2) is 5.24. The summed E-state index contributed by atoms with van der Waals surface area (Å²) in [5, 5.41) is 6.06. The van der Waals surface area contributed by atoms with Crippen molar-refractivity contribution in [2.45, 2.75) is 13.5 Å². The Morgan fingerprint density at radius 1 is 1.29 bits per heavy atom. The van der Waals surface area contributed by atoms with Crippen LogP contribution in [0.25, 0.3) is 0 Å². The van der Waals surface area contributed by atoms with Gasteiger partial charge in [0.25, 0.3) is 0 Å². The van der Waals surface area contributed by atoms with Crippen LogP contribution in [0.2, 0.25) is 5.28 Å². The number of rotatable bonds is 4. The quantitative estimate of drug-likeness (QED) is 0.884. The van der Waals surface area contributed by atoms with E-state index in [0.717, 1.165) is 10.6 Å². The molecule has 0 atom stereocenters. The van der Waals surface area contributed by atoms with Crippen molar-refractivity contribution in [1.82, 2.24) is 19.9 Å². The fourth-order valence-corrected chi connectivity index (χ4v) is 2.07. The molecule has 0 aromatic carbocycles. The number of hydrogen-bond donors (Lipinski definition) is 2. The molecular weight excluding hydrogens is 260 g/mol. The van der Waals surface area contributed by atoms with Crippen LogP contribution < -0.4 is 10.6 Å². The predicted octanol–water partition coefficient (Wildman–Crippen LogP) is 1.94. The van der Waals surface area contributed by atoms with Crippen molar-refractivity contribution < 1.29 is 0 Å². The van der Waals surface area contributed by atoms with Gasteiger partial charge in [-0.25, -0.2) is 4.98 Å². The van der Waals surface area contributed by atoms with E-state index in [1.165, 1.54) is 0 Å². The minimum absolute atomic E-state index is 0.160. The summed E-state index contributed by atoms with van der Waals surface area (Å²) in [6.07, 6.45) is 0. The molecule has 90 valence electrons. The molecule has 2 aromatic heterocycles. The zero-order chi connectivity index (χ0) is 12.3. The first-order chi connectivity index (χ1) is 8.19. The molecule has 8 heteroatoms. The van der Waals surface area contributed by atoms with Gasteiger partial charge in [0, 0.05) is 11.9 Å². The molecule has 0 aliphatic carbocycles. The molecule has 0 amide bonds. The number of thiazole rings is 1. The number of anilines is 2. The fraction of sp³-hybridized carbons (Fsp3) is 0.333. The van der Waals surface area contributed by atoms with Crippen molar-refractivity contribution in [2.75, 3.05) is 17.7 Å². The van der Waals surface area contributed by atoms with Crippen molar-refractivity contribution in [3.05, 3.63) is 21.4 Å². The van der Waals surface area contributed by atoms with Crippen molar-refractivity contribution in [1.29, 1.82) is 0 Å². The third-order valence-corrected chi connectivity index (χ3v) is 3.19. The van der Waals surface area contributed by atoms with Crippen molar-refractivity contribution in [3.8, 4) is 0 Å². The Morgan fingerprint density at radius 3 is 2.71 bits per heavy atom. The highest BCUT2D eigenvalue weighted by Gasteiger charge is 2.05. The van der Waals surface area contributed by atoms with Gasteiger partial charge >= 0.3 is 0 Å². The molecule has 0 spiro atoms. The number of nitrogens with one attached hydrogen (secondary N) is 2. The summed E-state index contributed by atoms with van der Waals surface area (Å²) in [6, 6.07) is 0. The van der Waals surface area contributed by atoms with Gasteiger partial charge in [0.1, 0.15) is 0 Å². The highest BCUT2D eigenvalue weighted by Crippen LogP contribution is 2.14. The van der Waals surface area contributed by atoms with E-state index in [-0.39, 0.29) is 5.28 Å². The molecule has 0 saturated carbocycles. The minimum atomic E-state index is 0.160. The average molecular weight is 271 g/mol. The lowest BCUT2D eigenvalue weighted by atomic mass is 10.4. The molecule has 6 nitrogen and oxygen atoms in total. The molecule has 0 bridgehead atoms. The topological polar surface area (TPSA) is 75.6 Å². The average Bonchev–Trinajstić information content (AvgIpc) is 2.71. The van der Waals surface area contributed by atoms with Gasteiger partial charge in [0.15, 0.2) is 0 Å². The van der Waals surface area contributed by atoms with Crippen LogP contribution in [0, 0.1) is 6.92 Å². The number of nitrogens with zero attached hydrogens (tertiary/aromatic N) is 4. The first kappa shape index (κ1) is 12.0. The van der Waals surface area contributed by atoms with Gasteiger partial charge in [-0.2, -0.15) is 15.0 Å². The second-order valence-electron chi connectivity index (χ2n) is 3.22. The maximum absolute atomic E-state index is 5.77. The number of halogens is 1. The lowest BCUT2D eigenvalue weighted by Gasteiger charge is -2.05. The van der Waals surface area contributed by atoms with Crippen molar-refractivity contribution in [3.63, 3.8) is 0 Å². The molecule has 0 aliphatic rings. The van der Waals surface area contributed by atoms with Gasteiger partial charge < -0.3 is 10.6 Å². The fourth-order valence-electron chi connectivity index (χ4n) is 1.20. The lowest BCUT2D eigenvalue weighted by Crippen LogP contribution is -2.07. The third-order valence-electron chi connectivity index (χ3n) is 2.08. The zero-order valence-electron chi connectivity index (χ0n) is 9.36. The first-order valence-electron chi connectivity index (χ1n) is 4.91. The van der Waals surface area contributed by atoms with E-state index >= 15 is 0 Å². The Kier molecular flexibility index (Phi) is 3.70. The van der Waals surface area contributed by atoms with E-state index in [0.29, 0.717) is 18.4 Å². The Bertz CT molecular complexity index is 514. The van der Waals surface area contributed by atoms with Gasteiger partial charge in [-0.3, -0.25) is 0 Å². The van der Waals surface area contributed by atoms with E-state index in [1.54, 1.807) is 18.4 Å². The largest absolute Gasteiger partial charge is 0.357 e. The Balaban J connectivity index is 2.09. The number of hydrogen-bond acceptors (Lipinski definition) is 7. The lowest BCUT2D eigenvalue weighted by molar-refractivity contribution is 1.00.